The summed E-state index contributed by atoms with van der Waals surface area (Å²) in [7, 11) is -4.76. The molecule has 0 N–H and O–H groups in total. The summed E-state index contributed by atoms with van der Waals surface area (Å²) >= 11 is 6.15. The molecule has 0 bridgehead atoms. The monoisotopic (exact) mass is 328 g/mol. The number of hydrogen-bond acceptors (Lipinski definition) is 4. The van der Waals surface area contributed by atoms with E-state index in [4.69, 9.17) is 11.6 Å². The smallest absolute Gasteiger partial charge is 0.307 e. The van der Waals surface area contributed by atoms with E-state index in [0.29, 0.717) is 21.6 Å². The van der Waals surface area contributed by atoms with Crippen LogP contribution in [-0.4, -0.2) is 31.1 Å². The lowest BCUT2D eigenvalue weighted by molar-refractivity contribution is -0.117. The Labute approximate surface area is 125 Å². The van der Waals surface area contributed by atoms with Crippen LogP contribution in [0.4, 0.5) is 9.57 Å². The Morgan fingerprint density at radius 3 is 2.76 bits per heavy atom. The SMILES string of the molecule is O=C1CC(S(=O)(=O)F)CN1c1c(Cl)ccc2ncccc12. The van der Waals surface area contributed by atoms with Crippen molar-refractivity contribution in [3.05, 3.63) is 35.5 Å². The Balaban J connectivity index is 2.13. The molecule has 1 aromatic carbocycles. The van der Waals surface area contributed by atoms with Gasteiger partial charge in [-0.05, 0) is 24.3 Å². The number of carbonyl (C=O) groups excluding carboxylic acids is 1. The van der Waals surface area contributed by atoms with Gasteiger partial charge in [-0.1, -0.05) is 11.6 Å². The lowest BCUT2D eigenvalue weighted by Gasteiger charge is -2.19. The molecule has 2 heterocycles. The molecule has 21 heavy (non-hydrogen) atoms. The normalized spacial score (nSPS) is 19.4. The van der Waals surface area contributed by atoms with E-state index in [1.807, 2.05) is 0 Å². The minimum absolute atomic E-state index is 0.245. The average molecular weight is 329 g/mol. The molecule has 1 amide bonds. The molecule has 8 heteroatoms. The van der Waals surface area contributed by atoms with E-state index in [9.17, 15) is 17.1 Å². The number of carbonyl (C=O) groups is 1. The van der Waals surface area contributed by atoms with Crippen LogP contribution < -0.4 is 4.90 Å². The molecular formula is C13H10ClFN2O3S. The average Bonchev–Trinajstić information content (AvgIpc) is 2.80. The zero-order valence-corrected chi connectivity index (χ0v) is 12.2. The highest BCUT2D eigenvalue weighted by Crippen LogP contribution is 2.37. The highest BCUT2D eigenvalue weighted by molar-refractivity contribution is 7.87. The van der Waals surface area contributed by atoms with E-state index in [-0.39, 0.29) is 13.0 Å². The minimum Gasteiger partial charge on any atom is -0.309 e. The van der Waals surface area contributed by atoms with Crippen molar-refractivity contribution in [1.29, 1.82) is 0 Å². The summed E-state index contributed by atoms with van der Waals surface area (Å²) in [5, 5.41) is -0.441. The van der Waals surface area contributed by atoms with E-state index in [1.165, 1.54) is 4.90 Å². The van der Waals surface area contributed by atoms with Crippen molar-refractivity contribution in [2.45, 2.75) is 11.7 Å². The van der Waals surface area contributed by atoms with Gasteiger partial charge < -0.3 is 4.90 Å². The molecule has 1 saturated heterocycles. The first-order chi connectivity index (χ1) is 9.88. The molecule has 110 valence electrons. The second-order valence-electron chi connectivity index (χ2n) is 4.77. The summed E-state index contributed by atoms with van der Waals surface area (Å²) in [6, 6.07) is 6.70. The zero-order valence-electron chi connectivity index (χ0n) is 10.7. The van der Waals surface area contributed by atoms with Crippen LogP contribution in [0.25, 0.3) is 10.9 Å². The van der Waals surface area contributed by atoms with Crippen molar-refractivity contribution in [2.75, 3.05) is 11.4 Å². The molecule has 1 aromatic heterocycles. The van der Waals surface area contributed by atoms with Gasteiger partial charge in [0.05, 0.1) is 16.2 Å². The van der Waals surface area contributed by atoms with Crippen molar-refractivity contribution in [2.24, 2.45) is 0 Å². The standard InChI is InChI=1S/C13H10ClFN2O3S/c14-10-3-4-11-9(2-1-5-16-11)13(10)17-7-8(6-12(17)18)21(15,19)20/h1-5,8H,6-7H2. The quantitative estimate of drug-likeness (QED) is 0.793. The van der Waals surface area contributed by atoms with E-state index >= 15 is 0 Å². The third kappa shape index (κ3) is 2.47. The lowest BCUT2D eigenvalue weighted by atomic mass is 10.1. The summed E-state index contributed by atoms with van der Waals surface area (Å²) in [4.78, 5) is 17.4. The van der Waals surface area contributed by atoms with Gasteiger partial charge in [0, 0.05) is 24.5 Å². The number of aromatic nitrogens is 1. The van der Waals surface area contributed by atoms with Crippen LogP contribution in [0.3, 0.4) is 0 Å². The van der Waals surface area contributed by atoms with Gasteiger partial charge in [0.15, 0.2) is 0 Å². The first-order valence-electron chi connectivity index (χ1n) is 6.15. The number of rotatable bonds is 2. The molecule has 0 radical (unpaired) electrons. The number of fused-ring (bicyclic) bond motifs is 1. The fraction of sp³-hybridized carbons (Fsp3) is 0.231. The van der Waals surface area contributed by atoms with Crippen molar-refractivity contribution >= 4 is 44.3 Å². The van der Waals surface area contributed by atoms with Crippen LogP contribution in [0.2, 0.25) is 5.02 Å². The number of halogens is 2. The minimum atomic E-state index is -4.76. The zero-order chi connectivity index (χ0) is 15.2. The van der Waals surface area contributed by atoms with Crippen LogP contribution in [0.15, 0.2) is 30.5 Å². The highest BCUT2D eigenvalue weighted by atomic mass is 35.5. The summed E-state index contributed by atoms with van der Waals surface area (Å²) in [6.45, 7) is -0.245. The van der Waals surface area contributed by atoms with Crippen molar-refractivity contribution in [1.82, 2.24) is 4.98 Å². The second-order valence-corrected chi connectivity index (χ2v) is 6.80. The fourth-order valence-electron chi connectivity index (χ4n) is 2.46. The van der Waals surface area contributed by atoms with Gasteiger partial charge in [0.2, 0.25) is 5.91 Å². The molecular weight excluding hydrogens is 319 g/mol. The number of nitrogens with zero attached hydrogens (tertiary/aromatic N) is 2. The topological polar surface area (TPSA) is 67.3 Å². The summed E-state index contributed by atoms with van der Waals surface area (Å²) in [5.41, 5.74) is 0.995. The molecule has 1 aliphatic rings. The first-order valence-corrected chi connectivity index (χ1v) is 7.97. The number of pyridine rings is 1. The fourth-order valence-corrected chi connectivity index (χ4v) is 3.40. The maximum atomic E-state index is 13.1. The lowest BCUT2D eigenvalue weighted by Crippen LogP contribution is -2.27. The Morgan fingerprint density at radius 2 is 2.10 bits per heavy atom. The van der Waals surface area contributed by atoms with Gasteiger partial charge in [0.25, 0.3) is 0 Å². The number of benzene rings is 1. The van der Waals surface area contributed by atoms with Crippen molar-refractivity contribution in [3.8, 4) is 0 Å². The van der Waals surface area contributed by atoms with Gasteiger partial charge >= 0.3 is 10.2 Å². The largest absolute Gasteiger partial charge is 0.309 e. The molecule has 1 unspecified atom stereocenters. The predicted molar refractivity (Wildman–Crippen MR) is 77.5 cm³/mol. The van der Waals surface area contributed by atoms with Crippen molar-refractivity contribution in [3.63, 3.8) is 0 Å². The van der Waals surface area contributed by atoms with Crippen LogP contribution in [-0.2, 0) is 15.0 Å². The van der Waals surface area contributed by atoms with Gasteiger partial charge in [-0.3, -0.25) is 9.78 Å². The Hall–Kier alpha value is -1.73. The van der Waals surface area contributed by atoms with Gasteiger partial charge in [-0.2, -0.15) is 8.42 Å². The Bertz CT molecular complexity index is 840. The third-order valence-corrected chi connectivity index (χ3v) is 4.88. The van der Waals surface area contributed by atoms with Crippen LogP contribution in [0.1, 0.15) is 6.42 Å². The Morgan fingerprint density at radius 1 is 1.33 bits per heavy atom. The molecule has 3 rings (SSSR count). The van der Waals surface area contributed by atoms with E-state index in [1.54, 1.807) is 30.5 Å². The molecule has 1 aliphatic heterocycles. The molecule has 2 aromatic rings. The first kappa shape index (κ1) is 14.2. The molecule has 1 atom stereocenters. The van der Waals surface area contributed by atoms with Crippen LogP contribution in [0.5, 0.6) is 0 Å². The Kier molecular flexibility index (Phi) is 3.33. The van der Waals surface area contributed by atoms with Gasteiger partial charge in [0.1, 0.15) is 5.25 Å². The summed E-state index contributed by atoms with van der Waals surface area (Å²) in [6.07, 6.45) is 1.21. The number of anilines is 1. The summed E-state index contributed by atoms with van der Waals surface area (Å²) in [5.74, 6) is -0.473. The molecule has 0 spiro atoms. The molecule has 5 nitrogen and oxygen atoms in total. The van der Waals surface area contributed by atoms with E-state index in [0.717, 1.165) is 0 Å². The van der Waals surface area contributed by atoms with E-state index < -0.39 is 21.4 Å². The number of amides is 1. The van der Waals surface area contributed by atoms with E-state index in [2.05, 4.69) is 4.98 Å². The maximum Gasteiger partial charge on any atom is 0.307 e. The summed E-state index contributed by atoms with van der Waals surface area (Å²) < 4.78 is 35.1. The maximum absolute atomic E-state index is 13.1. The molecule has 0 saturated carbocycles. The van der Waals surface area contributed by atoms with Gasteiger partial charge in [-0.15, -0.1) is 3.89 Å². The molecule has 0 aliphatic carbocycles. The predicted octanol–water partition coefficient (Wildman–Crippen LogP) is 2.29. The number of hydrogen-bond donors (Lipinski definition) is 0. The van der Waals surface area contributed by atoms with Gasteiger partial charge in [-0.25, -0.2) is 0 Å². The van der Waals surface area contributed by atoms with Crippen LogP contribution >= 0.6 is 11.6 Å². The second kappa shape index (κ2) is 4.92. The highest BCUT2D eigenvalue weighted by Gasteiger charge is 2.40. The molecule has 1 fully saturated rings. The third-order valence-electron chi connectivity index (χ3n) is 3.47. The van der Waals surface area contributed by atoms with Crippen LogP contribution in [0, 0.1) is 0 Å². The van der Waals surface area contributed by atoms with Crippen molar-refractivity contribution < 1.29 is 17.1 Å².